The number of carbonyl (C=O) groups excluding carboxylic acids is 1. The van der Waals surface area contributed by atoms with E-state index in [1.165, 1.54) is 0 Å². The van der Waals surface area contributed by atoms with Gasteiger partial charge in [0, 0.05) is 5.56 Å². The third kappa shape index (κ3) is 4.24. The summed E-state index contributed by atoms with van der Waals surface area (Å²) in [5, 5.41) is 26.4. The Balaban J connectivity index is 1.63. The van der Waals surface area contributed by atoms with Crippen molar-refractivity contribution in [2.45, 2.75) is 51.4 Å². The molecule has 0 fully saturated rings. The molecule has 2 aromatic carbocycles. The Morgan fingerprint density at radius 3 is 2.53 bits per heavy atom. The number of hydrogen-bond acceptors (Lipinski definition) is 4. The minimum Gasteiger partial charge on any atom is -0.391 e. The summed E-state index contributed by atoms with van der Waals surface area (Å²) >= 11 is 0. The summed E-state index contributed by atoms with van der Waals surface area (Å²) in [6.45, 7) is 5.88. The number of carbonyl (C=O) groups is 1. The number of rotatable bonds is 4. The van der Waals surface area contributed by atoms with Gasteiger partial charge in [-0.15, -0.1) is 0 Å². The van der Waals surface area contributed by atoms with Crippen LogP contribution in [0.2, 0.25) is 0 Å². The van der Waals surface area contributed by atoms with Crippen molar-refractivity contribution < 1.29 is 15.0 Å². The number of benzene rings is 2. The Bertz CT molecular complexity index is 1130. The zero-order valence-electron chi connectivity index (χ0n) is 18.6. The molecule has 3 aromatic rings. The first-order valence-corrected chi connectivity index (χ1v) is 10.8. The zero-order chi connectivity index (χ0) is 22.9. The minimum atomic E-state index is -0.698. The highest BCUT2D eigenvalue weighted by Gasteiger charge is 2.39. The number of fused-ring (bicyclic) bond motifs is 1. The largest absolute Gasteiger partial charge is 0.391 e. The van der Waals surface area contributed by atoms with E-state index < -0.39 is 18.2 Å². The predicted molar refractivity (Wildman–Crippen MR) is 125 cm³/mol. The predicted octanol–water partition coefficient (Wildman–Crippen LogP) is 4.45. The van der Waals surface area contributed by atoms with Crippen LogP contribution in [0.15, 0.2) is 60.7 Å². The van der Waals surface area contributed by atoms with Crippen molar-refractivity contribution in [3.63, 3.8) is 0 Å². The van der Waals surface area contributed by atoms with Crippen molar-refractivity contribution in [2.24, 2.45) is 0 Å². The number of aliphatic hydroxyl groups excluding tert-OH is 2. The fraction of sp³-hybridized carbons (Fsp3) is 0.308. The van der Waals surface area contributed by atoms with Gasteiger partial charge in [0.1, 0.15) is 0 Å². The number of aryl methyl sites for hydroxylation is 1. The number of anilines is 1. The van der Waals surface area contributed by atoms with E-state index in [0.29, 0.717) is 23.5 Å². The van der Waals surface area contributed by atoms with Crippen molar-refractivity contribution in [1.29, 1.82) is 0 Å². The van der Waals surface area contributed by atoms with Crippen molar-refractivity contribution in [3.8, 4) is 11.3 Å². The van der Waals surface area contributed by atoms with E-state index in [1.54, 1.807) is 0 Å². The van der Waals surface area contributed by atoms with Crippen LogP contribution in [0.1, 0.15) is 48.7 Å². The maximum Gasteiger partial charge on any atom is 0.319 e. The van der Waals surface area contributed by atoms with Crippen molar-refractivity contribution in [2.75, 3.05) is 5.32 Å². The molecule has 6 nitrogen and oxygen atoms in total. The first kappa shape index (κ1) is 22.0. The molecule has 6 heteroatoms. The van der Waals surface area contributed by atoms with Crippen LogP contribution in [-0.2, 0) is 12.0 Å². The second kappa shape index (κ2) is 8.73. The highest BCUT2D eigenvalue weighted by Crippen LogP contribution is 2.41. The maximum atomic E-state index is 13.0. The van der Waals surface area contributed by atoms with Crippen LogP contribution >= 0.6 is 0 Å². The molecule has 1 heterocycles. The summed E-state index contributed by atoms with van der Waals surface area (Å²) in [5.41, 5.74) is 5.20. The van der Waals surface area contributed by atoms with Gasteiger partial charge in [0.2, 0.25) is 0 Å². The number of amides is 2. The Hall–Kier alpha value is -3.22. The first-order chi connectivity index (χ1) is 15.3. The minimum absolute atomic E-state index is 0.174. The molecule has 2 atom stereocenters. The van der Waals surface area contributed by atoms with Gasteiger partial charge in [-0.3, -0.25) is 0 Å². The fourth-order valence-electron chi connectivity index (χ4n) is 4.54. The molecule has 4 rings (SSSR count). The average Bonchev–Trinajstić information content (AvgIpc) is 2.77. The van der Waals surface area contributed by atoms with E-state index in [2.05, 4.69) is 35.5 Å². The van der Waals surface area contributed by atoms with Gasteiger partial charge in [-0.25, -0.2) is 9.78 Å². The number of pyridine rings is 1. The molecule has 0 spiro atoms. The molecule has 1 unspecified atom stereocenters. The van der Waals surface area contributed by atoms with Gasteiger partial charge in [0.15, 0.2) is 0 Å². The zero-order valence-corrected chi connectivity index (χ0v) is 18.6. The van der Waals surface area contributed by atoms with Crippen molar-refractivity contribution in [1.82, 2.24) is 10.3 Å². The lowest BCUT2D eigenvalue weighted by atomic mass is 9.70. The number of urea groups is 1. The fourth-order valence-corrected chi connectivity index (χ4v) is 4.54. The van der Waals surface area contributed by atoms with Gasteiger partial charge in [-0.05, 0) is 41.5 Å². The van der Waals surface area contributed by atoms with Crippen LogP contribution in [0, 0.1) is 6.92 Å². The van der Waals surface area contributed by atoms with Gasteiger partial charge < -0.3 is 20.8 Å². The molecule has 0 saturated carbocycles. The molecule has 4 N–H and O–H groups in total. The Morgan fingerprint density at radius 1 is 1.12 bits per heavy atom. The molecule has 1 aliphatic carbocycles. The molecule has 0 saturated heterocycles. The highest BCUT2D eigenvalue weighted by molar-refractivity contribution is 5.94. The number of nitrogens with one attached hydrogen (secondary N) is 2. The number of hydrogen-bond donors (Lipinski definition) is 4. The molecule has 1 aromatic heterocycles. The van der Waals surface area contributed by atoms with E-state index in [1.807, 2.05) is 61.5 Å². The summed E-state index contributed by atoms with van der Waals surface area (Å²) in [7, 11) is 0. The summed E-state index contributed by atoms with van der Waals surface area (Å²) < 4.78 is 0. The summed E-state index contributed by atoms with van der Waals surface area (Å²) in [6, 6.07) is 18.3. The molecule has 1 aliphatic rings. The van der Waals surface area contributed by atoms with Crippen molar-refractivity contribution >= 4 is 11.7 Å². The van der Waals surface area contributed by atoms with Gasteiger partial charge in [-0.2, -0.15) is 0 Å². The smallest absolute Gasteiger partial charge is 0.319 e. The van der Waals surface area contributed by atoms with E-state index in [9.17, 15) is 15.0 Å². The average molecular weight is 432 g/mol. The quantitative estimate of drug-likeness (QED) is 0.491. The van der Waals surface area contributed by atoms with E-state index >= 15 is 0 Å². The van der Waals surface area contributed by atoms with E-state index in [-0.39, 0.29) is 12.0 Å². The van der Waals surface area contributed by atoms with Gasteiger partial charge >= 0.3 is 6.03 Å². The number of aromatic nitrogens is 1. The second-order valence-corrected chi connectivity index (χ2v) is 8.99. The van der Waals surface area contributed by atoms with E-state index in [0.717, 1.165) is 22.3 Å². The molecule has 0 bridgehead atoms. The molecule has 0 radical (unpaired) electrons. The van der Waals surface area contributed by atoms with Crippen LogP contribution in [-0.4, -0.2) is 27.3 Å². The van der Waals surface area contributed by atoms with Crippen LogP contribution in [0.5, 0.6) is 0 Å². The van der Waals surface area contributed by atoms with Gasteiger partial charge in [-0.1, -0.05) is 68.4 Å². The molecular weight excluding hydrogens is 402 g/mol. The standard InChI is InChI=1S/C26H29N3O3/c1-16-13-20(23(27-21(16)15-30)17-9-5-4-6-10-17)28-25(32)29-24-18-11-7-8-12-19(18)26(2,3)14-22(24)31/h4-13,22,24,30-31H,14-15H2,1-3H3,(H2,28,29,32)/t22-,24?/m1/s1. The normalized spacial score (nSPS) is 19.2. The topological polar surface area (TPSA) is 94.5 Å². The summed E-state index contributed by atoms with van der Waals surface area (Å²) in [5.74, 6) is 0. The molecule has 32 heavy (non-hydrogen) atoms. The third-order valence-electron chi connectivity index (χ3n) is 6.18. The van der Waals surface area contributed by atoms with Crippen LogP contribution < -0.4 is 10.6 Å². The third-order valence-corrected chi connectivity index (χ3v) is 6.18. The molecule has 2 amide bonds. The Morgan fingerprint density at radius 2 is 1.81 bits per heavy atom. The lowest BCUT2D eigenvalue weighted by Crippen LogP contribution is -2.45. The number of aliphatic hydroxyl groups is 2. The second-order valence-electron chi connectivity index (χ2n) is 8.99. The molecule has 0 aliphatic heterocycles. The van der Waals surface area contributed by atoms with E-state index in [4.69, 9.17) is 0 Å². The Labute approximate surface area is 188 Å². The summed E-state index contributed by atoms with van der Waals surface area (Å²) in [4.78, 5) is 17.6. The molecule has 166 valence electrons. The summed E-state index contributed by atoms with van der Waals surface area (Å²) in [6.07, 6.45) is -0.147. The highest BCUT2D eigenvalue weighted by atomic mass is 16.3. The van der Waals surface area contributed by atoms with Crippen LogP contribution in [0.3, 0.4) is 0 Å². The van der Waals surface area contributed by atoms with Crippen LogP contribution in [0.4, 0.5) is 10.5 Å². The molecular formula is C26H29N3O3. The lowest BCUT2D eigenvalue weighted by molar-refractivity contribution is 0.0883. The van der Waals surface area contributed by atoms with Gasteiger partial charge in [0.25, 0.3) is 0 Å². The van der Waals surface area contributed by atoms with Crippen molar-refractivity contribution in [3.05, 3.63) is 83.0 Å². The maximum absolute atomic E-state index is 13.0. The Kier molecular flexibility index (Phi) is 6.00. The SMILES string of the molecule is Cc1cc(NC(=O)NC2c3ccccc3C(C)(C)C[C@H]2O)c(-c2ccccc2)nc1CO. The van der Waals surface area contributed by atoms with Gasteiger partial charge in [0.05, 0.1) is 35.8 Å². The first-order valence-electron chi connectivity index (χ1n) is 10.8. The van der Waals surface area contributed by atoms with Crippen LogP contribution in [0.25, 0.3) is 11.3 Å². The lowest BCUT2D eigenvalue weighted by Gasteiger charge is -2.40. The number of nitrogens with zero attached hydrogens (tertiary/aromatic N) is 1. The monoisotopic (exact) mass is 431 g/mol.